The molecule has 0 atom stereocenters. The van der Waals surface area contributed by atoms with Crippen LogP contribution in [0.5, 0.6) is 0 Å². The van der Waals surface area contributed by atoms with Crippen LogP contribution in [-0.4, -0.2) is 15.7 Å². The number of carbonyl (C=O) groups is 1. The lowest BCUT2D eigenvalue weighted by atomic mass is 10.0. The van der Waals surface area contributed by atoms with Crippen molar-refractivity contribution in [1.82, 2.24) is 9.78 Å². The van der Waals surface area contributed by atoms with Crippen LogP contribution in [0.15, 0.2) is 42.5 Å². The van der Waals surface area contributed by atoms with Crippen molar-refractivity contribution in [3.63, 3.8) is 0 Å². The molecule has 3 rings (SSSR count). The molecule has 0 saturated heterocycles. The predicted octanol–water partition coefficient (Wildman–Crippen LogP) is 6.44. The Balaban J connectivity index is 1.69. The molecule has 0 spiro atoms. The molecule has 28 heavy (non-hydrogen) atoms. The van der Waals surface area contributed by atoms with Gasteiger partial charge >= 0.3 is 0 Å². The average molecular weight is 377 g/mol. The maximum atomic E-state index is 13.0. The quantitative estimate of drug-likeness (QED) is 0.403. The fourth-order valence-electron chi connectivity index (χ4n) is 4.05. The molecule has 0 amide bonds. The van der Waals surface area contributed by atoms with E-state index in [0.717, 1.165) is 28.8 Å². The van der Waals surface area contributed by atoms with Crippen molar-refractivity contribution in [3.8, 4) is 0 Å². The highest BCUT2D eigenvalue weighted by Crippen LogP contribution is 2.21. The van der Waals surface area contributed by atoms with Gasteiger partial charge < -0.3 is 0 Å². The summed E-state index contributed by atoms with van der Waals surface area (Å²) in [6.07, 6.45) is 9.08. The number of benzene rings is 2. The highest BCUT2D eigenvalue weighted by Gasteiger charge is 2.17. The van der Waals surface area contributed by atoms with Gasteiger partial charge in [-0.15, -0.1) is 0 Å². The van der Waals surface area contributed by atoms with Gasteiger partial charge in [0.25, 0.3) is 5.91 Å². The molecule has 2 aromatic carbocycles. The summed E-state index contributed by atoms with van der Waals surface area (Å²) in [7, 11) is 0. The lowest BCUT2D eigenvalue weighted by molar-refractivity contribution is 0.0896. The molecule has 0 N–H and O–H groups in total. The van der Waals surface area contributed by atoms with Gasteiger partial charge in [-0.1, -0.05) is 81.5 Å². The maximum absolute atomic E-state index is 13.0. The molecule has 0 aliphatic rings. The standard InChI is InChI=1S/C25H32N2O/c1-4-5-6-7-8-9-16-23-19(2)26-27(20(23)3)25(28)18-22-15-12-14-21-13-10-11-17-24(21)22/h10-15,17H,4-9,16,18H2,1-3H3. The van der Waals surface area contributed by atoms with Crippen LogP contribution in [0.2, 0.25) is 0 Å². The van der Waals surface area contributed by atoms with Gasteiger partial charge in [-0.2, -0.15) is 5.10 Å². The van der Waals surface area contributed by atoms with Gasteiger partial charge in [0.15, 0.2) is 0 Å². The normalized spacial score (nSPS) is 11.2. The summed E-state index contributed by atoms with van der Waals surface area (Å²) in [5.74, 6) is 0.0474. The number of nitrogens with zero attached hydrogens (tertiary/aromatic N) is 2. The van der Waals surface area contributed by atoms with E-state index in [1.54, 1.807) is 4.68 Å². The van der Waals surface area contributed by atoms with E-state index >= 15 is 0 Å². The van der Waals surface area contributed by atoms with Crippen LogP contribution in [0.1, 0.15) is 72.8 Å². The first-order valence-electron chi connectivity index (χ1n) is 10.7. The van der Waals surface area contributed by atoms with Crippen molar-refractivity contribution in [1.29, 1.82) is 0 Å². The fraction of sp³-hybridized carbons (Fsp3) is 0.440. The number of fused-ring (bicyclic) bond motifs is 1. The third kappa shape index (κ3) is 4.70. The molecule has 148 valence electrons. The van der Waals surface area contributed by atoms with E-state index in [0.29, 0.717) is 6.42 Å². The van der Waals surface area contributed by atoms with E-state index in [-0.39, 0.29) is 5.91 Å². The zero-order chi connectivity index (χ0) is 19.9. The number of hydrogen-bond acceptors (Lipinski definition) is 2. The number of aryl methyl sites for hydroxylation is 1. The van der Waals surface area contributed by atoms with Crippen LogP contribution >= 0.6 is 0 Å². The van der Waals surface area contributed by atoms with Gasteiger partial charge in [0.05, 0.1) is 12.1 Å². The zero-order valence-corrected chi connectivity index (χ0v) is 17.5. The first-order chi connectivity index (χ1) is 13.6. The first kappa shape index (κ1) is 20.3. The second kappa shape index (κ2) is 9.68. The van der Waals surface area contributed by atoms with E-state index in [9.17, 15) is 4.79 Å². The van der Waals surface area contributed by atoms with Gasteiger partial charge in [-0.3, -0.25) is 4.79 Å². The molecule has 1 aromatic heterocycles. The molecule has 3 nitrogen and oxygen atoms in total. The molecule has 0 aliphatic heterocycles. The monoisotopic (exact) mass is 376 g/mol. The molecule has 0 fully saturated rings. The Morgan fingerprint density at radius 1 is 0.929 bits per heavy atom. The van der Waals surface area contributed by atoms with Crippen molar-refractivity contribution in [2.45, 2.75) is 72.1 Å². The number of rotatable bonds is 9. The summed E-state index contributed by atoms with van der Waals surface area (Å²) in [5.41, 5.74) is 4.32. The molecular weight excluding hydrogens is 344 g/mol. The second-order valence-corrected chi connectivity index (χ2v) is 7.79. The van der Waals surface area contributed by atoms with Crippen LogP contribution < -0.4 is 0 Å². The Kier molecular flexibility index (Phi) is 7.02. The van der Waals surface area contributed by atoms with Gasteiger partial charge in [0.2, 0.25) is 0 Å². The van der Waals surface area contributed by atoms with Crippen LogP contribution in [0.25, 0.3) is 10.8 Å². The predicted molar refractivity (Wildman–Crippen MR) is 117 cm³/mol. The Morgan fingerprint density at radius 2 is 1.64 bits per heavy atom. The summed E-state index contributed by atoms with van der Waals surface area (Å²) < 4.78 is 1.63. The molecule has 0 bridgehead atoms. The number of hydrogen-bond donors (Lipinski definition) is 0. The van der Waals surface area contributed by atoms with Crippen LogP contribution in [0.3, 0.4) is 0 Å². The number of unbranched alkanes of at least 4 members (excludes halogenated alkanes) is 5. The average Bonchev–Trinajstić information content (AvgIpc) is 2.99. The molecule has 1 heterocycles. The Hall–Kier alpha value is -2.42. The minimum absolute atomic E-state index is 0.0474. The fourth-order valence-corrected chi connectivity index (χ4v) is 4.05. The van der Waals surface area contributed by atoms with Gasteiger partial charge in [0, 0.05) is 5.69 Å². The van der Waals surface area contributed by atoms with Crippen molar-refractivity contribution in [3.05, 3.63) is 65.0 Å². The highest BCUT2D eigenvalue weighted by atomic mass is 16.2. The van der Waals surface area contributed by atoms with E-state index < -0.39 is 0 Å². The van der Waals surface area contributed by atoms with Gasteiger partial charge in [-0.05, 0) is 48.6 Å². The third-order valence-electron chi connectivity index (χ3n) is 5.68. The Labute approximate surface area is 168 Å². The minimum Gasteiger partial charge on any atom is -0.272 e. The van der Waals surface area contributed by atoms with Crippen molar-refractivity contribution in [2.24, 2.45) is 0 Å². The highest BCUT2D eigenvalue weighted by molar-refractivity contribution is 5.91. The SMILES string of the molecule is CCCCCCCCc1c(C)nn(C(=O)Cc2cccc3ccccc23)c1C. The molecule has 3 heteroatoms. The maximum Gasteiger partial charge on any atom is 0.251 e. The summed E-state index contributed by atoms with van der Waals surface area (Å²) in [6.45, 7) is 6.31. The van der Waals surface area contributed by atoms with Gasteiger partial charge in [0.1, 0.15) is 0 Å². The Morgan fingerprint density at radius 3 is 2.46 bits per heavy atom. The first-order valence-corrected chi connectivity index (χ1v) is 10.7. The van der Waals surface area contributed by atoms with Crippen molar-refractivity contribution in [2.75, 3.05) is 0 Å². The molecular formula is C25H32N2O. The lowest BCUT2D eigenvalue weighted by Crippen LogP contribution is -2.17. The summed E-state index contributed by atoms with van der Waals surface area (Å²) >= 11 is 0. The number of aromatic nitrogens is 2. The van der Waals surface area contributed by atoms with Gasteiger partial charge in [-0.25, -0.2) is 4.68 Å². The summed E-state index contributed by atoms with van der Waals surface area (Å²) in [4.78, 5) is 13.0. The molecule has 3 aromatic rings. The Bertz CT molecular complexity index is 934. The smallest absolute Gasteiger partial charge is 0.251 e. The third-order valence-corrected chi connectivity index (χ3v) is 5.68. The van der Waals surface area contributed by atoms with E-state index in [1.165, 1.54) is 49.5 Å². The van der Waals surface area contributed by atoms with Crippen molar-refractivity contribution >= 4 is 16.7 Å². The van der Waals surface area contributed by atoms with E-state index in [2.05, 4.69) is 30.2 Å². The molecule has 0 unspecified atom stereocenters. The van der Waals surface area contributed by atoms with Crippen LogP contribution in [0.4, 0.5) is 0 Å². The van der Waals surface area contributed by atoms with Crippen LogP contribution in [0, 0.1) is 13.8 Å². The minimum atomic E-state index is 0.0474. The molecule has 0 radical (unpaired) electrons. The summed E-state index contributed by atoms with van der Waals surface area (Å²) in [6, 6.07) is 14.4. The number of carbonyl (C=O) groups excluding carboxylic acids is 1. The largest absolute Gasteiger partial charge is 0.272 e. The summed E-state index contributed by atoms with van der Waals surface area (Å²) in [5, 5.41) is 6.90. The second-order valence-electron chi connectivity index (χ2n) is 7.79. The zero-order valence-electron chi connectivity index (χ0n) is 17.5. The van der Waals surface area contributed by atoms with Crippen molar-refractivity contribution < 1.29 is 4.79 Å². The lowest BCUT2D eigenvalue weighted by Gasteiger charge is -2.08. The van der Waals surface area contributed by atoms with E-state index in [4.69, 9.17) is 0 Å². The molecule has 0 saturated carbocycles. The van der Waals surface area contributed by atoms with E-state index in [1.807, 2.05) is 38.1 Å². The molecule has 0 aliphatic carbocycles. The van der Waals surface area contributed by atoms with Crippen LogP contribution in [-0.2, 0) is 12.8 Å². The topological polar surface area (TPSA) is 34.9 Å².